The maximum absolute atomic E-state index is 13.3. The van der Waals surface area contributed by atoms with Crippen LogP contribution in [0.2, 0.25) is 0 Å². The summed E-state index contributed by atoms with van der Waals surface area (Å²) >= 11 is 6.08. The molecule has 1 saturated heterocycles. The summed E-state index contributed by atoms with van der Waals surface area (Å²) in [7, 11) is 0. The van der Waals surface area contributed by atoms with E-state index < -0.39 is 51.6 Å². The van der Waals surface area contributed by atoms with Crippen LogP contribution in [-0.2, 0) is 28.7 Å². The average molecular weight is 524 g/mol. The van der Waals surface area contributed by atoms with Gasteiger partial charge in [-0.05, 0) is 31.3 Å². The molecule has 1 aromatic carbocycles. The summed E-state index contributed by atoms with van der Waals surface area (Å²) in [5.41, 5.74) is -2.29. The highest BCUT2D eigenvalue weighted by atomic mass is 32.2. The number of rotatable bonds is 7. The van der Waals surface area contributed by atoms with Gasteiger partial charge in [0.2, 0.25) is 5.66 Å². The maximum atomic E-state index is 13.3. The van der Waals surface area contributed by atoms with E-state index in [1.165, 1.54) is 6.92 Å². The highest BCUT2D eigenvalue weighted by Gasteiger charge is 2.67. The third-order valence-electron chi connectivity index (χ3n) is 4.83. The van der Waals surface area contributed by atoms with Gasteiger partial charge in [-0.15, -0.1) is 11.8 Å². The van der Waals surface area contributed by atoms with Crippen LogP contribution in [0, 0.1) is 0 Å². The first-order valence-corrected chi connectivity index (χ1v) is 11.6. The summed E-state index contributed by atoms with van der Waals surface area (Å²) in [6, 6.07) is 8.19. The van der Waals surface area contributed by atoms with Gasteiger partial charge in [-0.1, -0.05) is 18.2 Å². The number of thioether (sulfide) groups is 1. The number of para-hydroxylation sites is 1. The zero-order chi connectivity index (χ0) is 25.8. The van der Waals surface area contributed by atoms with Gasteiger partial charge in [0, 0.05) is 18.2 Å². The third-order valence-corrected chi connectivity index (χ3v) is 6.49. The van der Waals surface area contributed by atoms with Crippen molar-refractivity contribution < 1.29 is 43.3 Å². The Bertz CT molecular complexity index is 1110. The zero-order valence-electron chi connectivity index (χ0n) is 18.6. The molecule has 0 aromatic heterocycles. The molecule has 1 unspecified atom stereocenters. The number of carbonyl (C=O) groups is 5. The quantitative estimate of drug-likeness (QED) is 0.200. The van der Waals surface area contributed by atoms with Gasteiger partial charge in [-0.3, -0.25) is 24.6 Å². The Balaban J connectivity index is 1.89. The van der Waals surface area contributed by atoms with Gasteiger partial charge in [0.05, 0.1) is 6.61 Å². The number of benzene rings is 1. The van der Waals surface area contributed by atoms with E-state index >= 15 is 0 Å². The lowest BCUT2D eigenvalue weighted by Crippen LogP contribution is -2.86. The molecular weight excluding hydrogens is 502 g/mol. The second kappa shape index (κ2) is 10.7. The number of esters is 1. The monoisotopic (exact) mass is 523 g/mol. The normalized spacial score (nSPS) is 20.7. The van der Waals surface area contributed by atoms with Crippen LogP contribution in [0.3, 0.4) is 0 Å². The van der Waals surface area contributed by atoms with Gasteiger partial charge in [-0.25, -0.2) is 9.59 Å². The number of β-lactam (4-membered cyclic amide) rings is 1. The molecule has 2 atom stereocenters. The van der Waals surface area contributed by atoms with E-state index in [2.05, 4.69) is 10.6 Å². The lowest BCUT2D eigenvalue weighted by Gasteiger charge is -2.56. The van der Waals surface area contributed by atoms with Crippen LogP contribution in [0.1, 0.15) is 13.8 Å². The topological polar surface area (TPSA) is 161 Å². The summed E-state index contributed by atoms with van der Waals surface area (Å²) < 4.78 is 15.1. The number of ether oxygens (including phenoxy) is 3. The van der Waals surface area contributed by atoms with Crippen molar-refractivity contribution >= 4 is 58.9 Å². The molecule has 1 aromatic rings. The lowest BCUT2D eigenvalue weighted by atomic mass is 9.95. The van der Waals surface area contributed by atoms with Crippen LogP contribution in [0.5, 0.6) is 5.75 Å². The van der Waals surface area contributed by atoms with E-state index in [1.54, 1.807) is 37.3 Å². The molecule has 3 rings (SSSR count). The summed E-state index contributed by atoms with van der Waals surface area (Å²) in [5.74, 6) is -3.68. The van der Waals surface area contributed by atoms with E-state index in [-0.39, 0.29) is 30.3 Å². The fourth-order valence-electron chi connectivity index (χ4n) is 3.38. The molecular formula is C21H21N3O9S2. The number of carboxylic acids is 1. The molecule has 0 spiro atoms. The Kier molecular flexibility index (Phi) is 7.96. The van der Waals surface area contributed by atoms with Crippen molar-refractivity contribution in [3.63, 3.8) is 0 Å². The number of nitrogens with zero attached hydrogens (tertiary/aromatic N) is 1. The third kappa shape index (κ3) is 5.38. The highest BCUT2D eigenvalue weighted by Crippen LogP contribution is 2.45. The summed E-state index contributed by atoms with van der Waals surface area (Å²) in [4.78, 5) is 62.5. The molecule has 2 aliphatic heterocycles. The first kappa shape index (κ1) is 26.0. The van der Waals surface area contributed by atoms with Gasteiger partial charge in [-0.2, -0.15) is 0 Å². The SMILES string of the molecule is CCOC(=O)NC1(NC(=O)C(=S)Oc2ccccc2)C(=O)N2C(C(=O)O)=C(COC(C)=O)CS[C@@H]21. The first-order valence-electron chi connectivity index (χ1n) is 10.2. The van der Waals surface area contributed by atoms with Crippen LogP contribution >= 0.6 is 24.0 Å². The minimum absolute atomic E-state index is 0.0199. The number of thiocarbonyl (C=S) groups is 1. The first-order chi connectivity index (χ1) is 16.6. The number of carbonyl (C=O) groups excluding carboxylic acids is 4. The average Bonchev–Trinajstić information content (AvgIpc) is 2.81. The minimum atomic E-state index is -2.06. The van der Waals surface area contributed by atoms with Crippen molar-refractivity contribution in [1.82, 2.24) is 15.5 Å². The van der Waals surface area contributed by atoms with E-state index in [4.69, 9.17) is 26.4 Å². The van der Waals surface area contributed by atoms with Crippen LogP contribution in [-0.4, -0.2) is 74.9 Å². The van der Waals surface area contributed by atoms with Crippen molar-refractivity contribution in [1.29, 1.82) is 0 Å². The molecule has 0 aliphatic carbocycles. The van der Waals surface area contributed by atoms with Crippen LogP contribution in [0.15, 0.2) is 41.6 Å². The Morgan fingerprint density at radius 3 is 2.49 bits per heavy atom. The number of carboxylic acid groups (broad SMARTS) is 1. The maximum Gasteiger partial charge on any atom is 0.409 e. The Labute approximate surface area is 208 Å². The molecule has 12 nitrogen and oxygen atoms in total. The van der Waals surface area contributed by atoms with E-state index in [0.717, 1.165) is 16.7 Å². The Hall–Kier alpha value is -3.65. The molecule has 3 amide bonds. The van der Waals surface area contributed by atoms with Crippen molar-refractivity contribution in [2.24, 2.45) is 0 Å². The summed E-state index contributed by atoms with van der Waals surface area (Å²) in [6.45, 7) is 2.36. The van der Waals surface area contributed by atoms with E-state index in [9.17, 15) is 29.1 Å². The van der Waals surface area contributed by atoms with Crippen LogP contribution in [0.25, 0.3) is 0 Å². The van der Waals surface area contributed by atoms with Crippen LogP contribution < -0.4 is 15.4 Å². The largest absolute Gasteiger partial charge is 0.477 e. The minimum Gasteiger partial charge on any atom is -0.477 e. The Morgan fingerprint density at radius 2 is 1.89 bits per heavy atom. The van der Waals surface area contributed by atoms with Crippen molar-refractivity contribution in [2.75, 3.05) is 19.0 Å². The second-order valence-corrected chi connectivity index (χ2v) is 8.63. The molecule has 1 fully saturated rings. The van der Waals surface area contributed by atoms with Crippen molar-refractivity contribution in [2.45, 2.75) is 24.9 Å². The number of amides is 3. The number of hydrogen-bond donors (Lipinski definition) is 3. The molecule has 186 valence electrons. The highest BCUT2D eigenvalue weighted by molar-refractivity contribution is 8.00. The van der Waals surface area contributed by atoms with Gasteiger partial charge < -0.3 is 24.6 Å². The molecule has 2 heterocycles. The predicted octanol–water partition coefficient (Wildman–Crippen LogP) is 0.768. The fourth-order valence-corrected chi connectivity index (χ4v) is 4.93. The molecule has 14 heteroatoms. The van der Waals surface area contributed by atoms with Crippen LogP contribution in [0.4, 0.5) is 4.79 Å². The molecule has 0 saturated carbocycles. The second-order valence-electron chi connectivity index (χ2n) is 7.19. The Morgan fingerprint density at radius 1 is 1.20 bits per heavy atom. The smallest absolute Gasteiger partial charge is 0.409 e. The summed E-state index contributed by atoms with van der Waals surface area (Å²) in [6.07, 6.45) is -1.01. The van der Waals surface area contributed by atoms with Gasteiger partial charge >= 0.3 is 23.9 Å². The molecule has 2 aliphatic rings. The fraction of sp³-hybridized carbons (Fsp3) is 0.333. The van der Waals surface area contributed by atoms with Crippen molar-refractivity contribution in [3.05, 3.63) is 41.6 Å². The number of fused-ring (bicyclic) bond motifs is 1. The number of alkyl carbamates (subject to hydrolysis) is 1. The number of aliphatic carboxylic acids is 1. The van der Waals surface area contributed by atoms with Gasteiger partial charge in [0.15, 0.2) is 0 Å². The molecule has 35 heavy (non-hydrogen) atoms. The lowest BCUT2D eigenvalue weighted by molar-refractivity contribution is -0.160. The zero-order valence-corrected chi connectivity index (χ0v) is 20.2. The van der Waals surface area contributed by atoms with E-state index in [0.29, 0.717) is 0 Å². The van der Waals surface area contributed by atoms with E-state index in [1.807, 2.05) is 0 Å². The van der Waals surface area contributed by atoms with Crippen molar-refractivity contribution in [3.8, 4) is 5.75 Å². The number of nitrogens with one attached hydrogen (secondary N) is 2. The predicted molar refractivity (Wildman–Crippen MR) is 125 cm³/mol. The molecule has 0 bridgehead atoms. The summed E-state index contributed by atoms with van der Waals surface area (Å²) in [5, 5.41) is 12.9. The molecule has 3 N–H and O–H groups in total. The van der Waals surface area contributed by atoms with Gasteiger partial charge in [0.25, 0.3) is 11.0 Å². The standard InChI is InChI=1S/C21H21N3O9S2/c1-3-31-20(30)23-21(22-15(26)17(34)33-13-7-5-4-6-8-13)18(29)24-14(16(27)28)12(9-32-11(2)25)10-35-19(21)24/h4-8,19H,3,9-10H2,1-2H3,(H,22,26)(H,23,30)(H,27,28)/t19-,21?/m1/s1. The van der Waals surface area contributed by atoms with Gasteiger partial charge in [0.1, 0.15) is 23.4 Å². The number of hydrogen-bond acceptors (Lipinski definition) is 10. The molecule has 0 radical (unpaired) electrons.